The lowest BCUT2D eigenvalue weighted by molar-refractivity contribution is 0.0510. The van der Waals surface area contributed by atoms with Gasteiger partial charge in [-0.25, -0.2) is 14.4 Å². The number of amides is 3. The monoisotopic (exact) mass is 432 g/mol. The van der Waals surface area contributed by atoms with Gasteiger partial charge in [-0.15, -0.1) is 0 Å². The summed E-state index contributed by atoms with van der Waals surface area (Å²) in [5.74, 6) is 0. The van der Waals surface area contributed by atoms with Crippen molar-refractivity contribution in [1.82, 2.24) is 21.3 Å². The Morgan fingerprint density at radius 2 is 0.933 bits per heavy atom. The predicted molar refractivity (Wildman–Crippen MR) is 115 cm³/mol. The van der Waals surface area contributed by atoms with E-state index in [0.717, 1.165) is 0 Å². The van der Waals surface area contributed by atoms with Gasteiger partial charge in [-0.05, 0) is 62.3 Å². The average molecular weight is 433 g/mol. The van der Waals surface area contributed by atoms with Crippen molar-refractivity contribution < 1.29 is 28.6 Å². The van der Waals surface area contributed by atoms with E-state index in [4.69, 9.17) is 14.2 Å². The number of ether oxygens (including phenoxy) is 3. The third-order valence-electron chi connectivity index (χ3n) is 3.01. The van der Waals surface area contributed by atoms with E-state index in [0.29, 0.717) is 13.1 Å². The van der Waals surface area contributed by atoms with Gasteiger partial charge < -0.3 is 35.5 Å². The van der Waals surface area contributed by atoms with Crippen molar-refractivity contribution in [3.05, 3.63) is 0 Å². The molecule has 10 heteroatoms. The Hall–Kier alpha value is -2.23. The number of hydrogen-bond acceptors (Lipinski definition) is 7. The lowest BCUT2D eigenvalue weighted by Gasteiger charge is -2.24. The van der Waals surface area contributed by atoms with Gasteiger partial charge in [0.05, 0.1) is 0 Å². The van der Waals surface area contributed by atoms with Gasteiger partial charge in [-0.3, -0.25) is 0 Å². The molecule has 0 aromatic heterocycles. The largest absolute Gasteiger partial charge is 0.444 e. The summed E-state index contributed by atoms with van der Waals surface area (Å²) in [6.45, 7) is 17.1. The van der Waals surface area contributed by atoms with Crippen molar-refractivity contribution in [3.63, 3.8) is 0 Å². The third-order valence-corrected chi connectivity index (χ3v) is 3.01. The molecule has 0 atom stereocenters. The van der Waals surface area contributed by atoms with Gasteiger partial charge in [-0.1, -0.05) is 0 Å². The van der Waals surface area contributed by atoms with Crippen molar-refractivity contribution in [2.75, 3.05) is 26.2 Å². The molecule has 0 unspecified atom stereocenters. The van der Waals surface area contributed by atoms with Crippen molar-refractivity contribution in [2.24, 2.45) is 0 Å². The van der Waals surface area contributed by atoms with Crippen LogP contribution in [-0.2, 0) is 14.2 Å². The standard InChI is InChI=1S/C20H40N4O6/c1-18(2,3)28-15(25)22-11-10-21-14(12-23-16(26)29-19(4,5)6)13-24-17(27)30-20(7,8)9/h14,21H,10-13H2,1-9H3,(H,22,25)(H,23,26)(H,24,27). The summed E-state index contributed by atoms with van der Waals surface area (Å²) in [5.41, 5.74) is -1.80. The van der Waals surface area contributed by atoms with Gasteiger partial charge in [0.1, 0.15) is 16.8 Å². The number of alkyl carbamates (subject to hydrolysis) is 3. The molecule has 10 nitrogen and oxygen atoms in total. The topological polar surface area (TPSA) is 127 Å². The first-order valence-electron chi connectivity index (χ1n) is 10.1. The van der Waals surface area contributed by atoms with Gasteiger partial charge in [0, 0.05) is 32.2 Å². The van der Waals surface area contributed by atoms with Crippen molar-refractivity contribution >= 4 is 18.3 Å². The van der Waals surface area contributed by atoms with Crippen LogP contribution in [-0.4, -0.2) is 67.3 Å². The zero-order valence-corrected chi connectivity index (χ0v) is 19.9. The summed E-state index contributed by atoms with van der Waals surface area (Å²) < 4.78 is 15.6. The predicted octanol–water partition coefficient (Wildman–Crippen LogP) is 2.52. The molecule has 0 aliphatic carbocycles. The van der Waals surface area contributed by atoms with Crippen LogP contribution in [0.4, 0.5) is 14.4 Å². The molecule has 0 saturated carbocycles. The van der Waals surface area contributed by atoms with E-state index in [1.807, 2.05) is 0 Å². The average Bonchev–Trinajstić information content (AvgIpc) is 2.48. The Bertz CT molecular complexity index is 529. The van der Waals surface area contributed by atoms with Gasteiger partial charge in [-0.2, -0.15) is 0 Å². The second kappa shape index (κ2) is 11.8. The second-order valence-electron chi connectivity index (χ2n) is 9.85. The van der Waals surface area contributed by atoms with E-state index < -0.39 is 35.1 Å². The maximum absolute atomic E-state index is 11.9. The molecular weight excluding hydrogens is 392 g/mol. The molecule has 0 radical (unpaired) electrons. The lowest BCUT2D eigenvalue weighted by atomic mass is 10.2. The first kappa shape index (κ1) is 27.8. The normalized spacial score (nSPS) is 12.2. The highest BCUT2D eigenvalue weighted by Gasteiger charge is 2.20. The van der Waals surface area contributed by atoms with Crippen LogP contribution >= 0.6 is 0 Å². The minimum Gasteiger partial charge on any atom is -0.444 e. The quantitative estimate of drug-likeness (QED) is 0.343. The lowest BCUT2D eigenvalue weighted by Crippen LogP contribution is -2.50. The van der Waals surface area contributed by atoms with Gasteiger partial charge in [0.15, 0.2) is 0 Å². The highest BCUT2D eigenvalue weighted by molar-refractivity contribution is 5.68. The summed E-state index contributed by atoms with van der Waals surface area (Å²) in [7, 11) is 0. The minimum atomic E-state index is -0.612. The van der Waals surface area contributed by atoms with Crippen LogP contribution in [0, 0.1) is 0 Å². The van der Waals surface area contributed by atoms with Crippen molar-refractivity contribution in [1.29, 1.82) is 0 Å². The Morgan fingerprint density at radius 1 is 0.600 bits per heavy atom. The van der Waals surface area contributed by atoms with E-state index in [-0.39, 0.29) is 19.1 Å². The number of rotatable bonds is 8. The summed E-state index contributed by atoms with van der Waals surface area (Å²) in [6, 6.07) is -0.314. The summed E-state index contributed by atoms with van der Waals surface area (Å²) >= 11 is 0. The highest BCUT2D eigenvalue weighted by atomic mass is 16.6. The number of carbonyl (C=O) groups excluding carboxylic acids is 3. The highest BCUT2D eigenvalue weighted by Crippen LogP contribution is 2.07. The molecule has 0 bridgehead atoms. The van der Waals surface area contributed by atoms with Gasteiger partial charge in [0.2, 0.25) is 0 Å². The van der Waals surface area contributed by atoms with Crippen LogP contribution < -0.4 is 21.3 Å². The van der Waals surface area contributed by atoms with Crippen LogP contribution in [0.2, 0.25) is 0 Å². The van der Waals surface area contributed by atoms with Gasteiger partial charge >= 0.3 is 18.3 Å². The first-order valence-corrected chi connectivity index (χ1v) is 10.1. The molecule has 0 spiro atoms. The molecule has 176 valence electrons. The number of carbonyl (C=O) groups is 3. The van der Waals surface area contributed by atoms with Crippen LogP contribution in [0.5, 0.6) is 0 Å². The number of nitrogens with one attached hydrogen (secondary N) is 4. The van der Waals surface area contributed by atoms with E-state index in [9.17, 15) is 14.4 Å². The molecule has 0 fully saturated rings. The first-order chi connectivity index (χ1) is 13.5. The van der Waals surface area contributed by atoms with Crippen LogP contribution in [0.3, 0.4) is 0 Å². The molecular formula is C20H40N4O6. The SMILES string of the molecule is CC(C)(C)OC(=O)NCCNC(CNC(=O)OC(C)(C)C)CNC(=O)OC(C)(C)C. The molecule has 0 rings (SSSR count). The Kier molecular flexibility index (Phi) is 10.9. The van der Waals surface area contributed by atoms with Crippen molar-refractivity contribution in [2.45, 2.75) is 85.2 Å². The molecule has 0 aromatic rings. The fourth-order valence-corrected chi connectivity index (χ4v) is 2.01. The molecule has 0 saturated heterocycles. The van der Waals surface area contributed by atoms with Crippen LogP contribution in [0.1, 0.15) is 62.3 Å². The Labute approximate surface area is 180 Å². The molecule has 0 aliphatic rings. The smallest absolute Gasteiger partial charge is 0.407 e. The molecule has 0 heterocycles. The maximum Gasteiger partial charge on any atom is 0.407 e. The molecule has 0 aromatic carbocycles. The van der Waals surface area contributed by atoms with Crippen LogP contribution in [0.25, 0.3) is 0 Å². The van der Waals surface area contributed by atoms with E-state index in [2.05, 4.69) is 21.3 Å². The van der Waals surface area contributed by atoms with Crippen LogP contribution in [0.15, 0.2) is 0 Å². The zero-order valence-electron chi connectivity index (χ0n) is 19.9. The third kappa shape index (κ3) is 17.8. The summed E-state index contributed by atoms with van der Waals surface area (Å²) in [4.78, 5) is 35.5. The fraction of sp³-hybridized carbons (Fsp3) is 0.850. The fourth-order valence-electron chi connectivity index (χ4n) is 2.01. The second-order valence-corrected chi connectivity index (χ2v) is 9.85. The van der Waals surface area contributed by atoms with Gasteiger partial charge in [0.25, 0.3) is 0 Å². The zero-order chi connectivity index (χ0) is 23.6. The molecule has 0 aliphatic heterocycles. The maximum atomic E-state index is 11.9. The Morgan fingerprint density at radius 3 is 1.27 bits per heavy atom. The summed E-state index contributed by atoms with van der Waals surface area (Å²) in [5, 5.41) is 11.1. The molecule has 30 heavy (non-hydrogen) atoms. The minimum absolute atomic E-state index is 0.206. The van der Waals surface area contributed by atoms with E-state index in [1.165, 1.54) is 0 Å². The van der Waals surface area contributed by atoms with Crippen molar-refractivity contribution in [3.8, 4) is 0 Å². The van der Waals surface area contributed by atoms with E-state index >= 15 is 0 Å². The summed E-state index contributed by atoms with van der Waals surface area (Å²) in [6.07, 6.45) is -1.63. The molecule has 3 amide bonds. The Balaban J connectivity index is 4.57. The molecule has 4 N–H and O–H groups in total. The van der Waals surface area contributed by atoms with E-state index in [1.54, 1.807) is 62.3 Å². The number of hydrogen-bond donors (Lipinski definition) is 4.